The molecule has 0 atom stereocenters. The van der Waals surface area contributed by atoms with Crippen LogP contribution in [0.25, 0.3) is 27.6 Å². The standard InChI is InChI=1S/C14H12O2.C12H9BrO2/c1-3-10-8-11-6-4-5-7-12(11)13(9-10)14(15)16-2;1-15-12(14)11-7-9(13)6-8-4-2-3-5-10(8)11/h3-9H,1H2,2H3;2-7H,1H3. The van der Waals surface area contributed by atoms with E-state index >= 15 is 0 Å². The molecule has 5 heteroatoms. The van der Waals surface area contributed by atoms with Crippen molar-refractivity contribution >= 4 is 55.5 Å². The highest BCUT2D eigenvalue weighted by molar-refractivity contribution is 9.10. The van der Waals surface area contributed by atoms with Gasteiger partial charge in [0, 0.05) is 4.47 Å². The molecule has 31 heavy (non-hydrogen) atoms. The average Bonchev–Trinajstić information content (AvgIpc) is 2.82. The van der Waals surface area contributed by atoms with Crippen LogP contribution in [0.2, 0.25) is 0 Å². The molecule has 0 aliphatic heterocycles. The second kappa shape index (κ2) is 10.0. The molecular formula is C26H21BrO4. The number of esters is 2. The normalized spacial score (nSPS) is 10.2. The highest BCUT2D eigenvalue weighted by Crippen LogP contribution is 2.25. The zero-order valence-corrected chi connectivity index (χ0v) is 18.8. The van der Waals surface area contributed by atoms with Crippen molar-refractivity contribution in [3.63, 3.8) is 0 Å². The van der Waals surface area contributed by atoms with Crippen LogP contribution in [-0.4, -0.2) is 26.2 Å². The Morgan fingerprint density at radius 2 is 1.26 bits per heavy atom. The molecule has 4 rings (SSSR count). The number of carbonyl (C=O) groups excluding carboxylic acids is 2. The van der Waals surface area contributed by atoms with Gasteiger partial charge in [-0.15, -0.1) is 0 Å². The first-order valence-electron chi connectivity index (χ1n) is 9.48. The minimum atomic E-state index is -0.320. The van der Waals surface area contributed by atoms with E-state index in [1.54, 1.807) is 18.2 Å². The number of methoxy groups -OCH3 is 2. The number of ether oxygens (including phenoxy) is 2. The molecule has 0 aromatic heterocycles. The van der Waals surface area contributed by atoms with E-state index < -0.39 is 0 Å². The van der Waals surface area contributed by atoms with Gasteiger partial charge in [0.05, 0.1) is 25.3 Å². The van der Waals surface area contributed by atoms with Gasteiger partial charge in [-0.3, -0.25) is 0 Å². The van der Waals surface area contributed by atoms with Crippen LogP contribution in [0.1, 0.15) is 26.3 Å². The summed E-state index contributed by atoms with van der Waals surface area (Å²) in [5.74, 6) is -0.632. The van der Waals surface area contributed by atoms with Crippen molar-refractivity contribution in [3.8, 4) is 0 Å². The molecule has 0 aliphatic carbocycles. The van der Waals surface area contributed by atoms with Crippen LogP contribution < -0.4 is 0 Å². The Morgan fingerprint density at radius 3 is 1.77 bits per heavy atom. The molecule has 0 saturated heterocycles. The lowest BCUT2D eigenvalue weighted by molar-refractivity contribution is 0.0594. The minimum absolute atomic E-state index is 0.312. The lowest BCUT2D eigenvalue weighted by atomic mass is 10.0. The van der Waals surface area contributed by atoms with Gasteiger partial charge in [-0.05, 0) is 51.4 Å². The van der Waals surface area contributed by atoms with E-state index in [-0.39, 0.29) is 11.9 Å². The van der Waals surface area contributed by atoms with Gasteiger partial charge in [0.1, 0.15) is 0 Å². The topological polar surface area (TPSA) is 52.6 Å². The average molecular weight is 477 g/mol. The molecule has 0 saturated carbocycles. The van der Waals surface area contributed by atoms with Gasteiger partial charge in [0.2, 0.25) is 0 Å². The summed E-state index contributed by atoms with van der Waals surface area (Å²) in [5, 5.41) is 3.85. The van der Waals surface area contributed by atoms with Gasteiger partial charge in [-0.25, -0.2) is 9.59 Å². The first-order chi connectivity index (χ1) is 15.0. The van der Waals surface area contributed by atoms with E-state index in [1.165, 1.54) is 14.2 Å². The van der Waals surface area contributed by atoms with E-state index in [0.717, 1.165) is 31.6 Å². The van der Waals surface area contributed by atoms with E-state index in [2.05, 4.69) is 22.5 Å². The molecule has 4 nitrogen and oxygen atoms in total. The van der Waals surface area contributed by atoms with Crippen LogP contribution in [0.3, 0.4) is 0 Å². The molecule has 0 amide bonds. The molecule has 4 aromatic rings. The number of benzene rings is 4. The van der Waals surface area contributed by atoms with Gasteiger partial charge in [0.15, 0.2) is 0 Å². The number of carbonyl (C=O) groups is 2. The minimum Gasteiger partial charge on any atom is -0.465 e. The molecule has 0 N–H and O–H groups in total. The lowest BCUT2D eigenvalue weighted by Gasteiger charge is -2.06. The van der Waals surface area contributed by atoms with Gasteiger partial charge < -0.3 is 9.47 Å². The first-order valence-corrected chi connectivity index (χ1v) is 10.3. The summed E-state index contributed by atoms with van der Waals surface area (Å²) in [4.78, 5) is 23.2. The maximum Gasteiger partial charge on any atom is 0.338 e. The number of hydrogen-bond donors (Lipinski definition) is 0. The van der Waals surface area contributed by atoms with E-state index in [1.807, 2.05) is 60.7 Å². The van der Waals surface area contributed by atoms with Crippen molar-refractivity contribution in [3.05, 3.63) is 101 Å². The monoisotopic (exact) mass is 476 g/mol. The maximum atomic E-state index is 11.6. The van der Waals surface area contributed by atoms with Gasteiger partial charge in [0.25, 0.3) is 0 Å². The molecule has 0 aliphatic rings. The highest BCUT2D eigenvalue weighted by atomic mass is 79.9. The highest BCUT2D eigenvalue weighted by Gasteiger charge is 2.11. The van der Waals surface area contributed by atoms with Crippen LogP contribution in [0.4, 0.5) is 0 Å². The summed E-state index contributed by atoms with van der Waals surface area (Å²) in [6, 6.07) is 23.0. The summed E-state index contributed by atoms with van der Waals surface area (Å²) < 4.78 is 10.4. The molecule has 0 radical (unpaired) electrons. The van der Waals surface area contributed by atoms with Crippen LogP contribution in [0.5, 0.6) is 0 Å². The SMILES string of the molecule is C=Cc1cc(C(=O)OC)c2ccccc2c1.COC(=O)c1cc(Br)cc2ccccc12. The van der Waals surface area contributed by atoms with Gasteiger partial charge >= 0.3 is 11.9 Å². The van der Waals surface area contributed by atoms with Crippen molar-refractivity contribution in [2.45, 2.75) is 0 Å². The smallest absolute Gasteiger partial charge is 0.338 e. The lowest BCUT2D eigenvalue weighted by Crippen LogP contribution is -2.02. The predicted molar refractivity (Wildman–Crippen MR) is 128 cm³/mol. The van der Waals surface area contributed by atoms with Crippen molar-refractivity contribution < 1.29 is 19.1 Å². The molecule has 4 aromatic carbocycles. The number of rotatable bonds is 3. The summed E-state index contributed by atoms with van der Waals surface area (Å²) in [6.07, 6.45) is 1.72. The summed E-state index contributed by atoms with van der Waals surface area (Å²) in [5.41, 5.74) is 2.08. The number of fused-ring (bicyclic) bond motifs is 2. The fraction of sp³-hybridized carbons (Fsp3) is 0.0769. The van der Waals surface area contributed by atoms with Crippen LogP contribution in [0.15, 0.2) is 83.8 Å². The van der Waals surface area contributed by atoms with Gasteiger partial charge in [-0.2, -0.15) is 0 Å². The third-order valence-electron chi connectivity index (χ3n) is 4.76. The van der Waals surface area contributed by atoms with E-state index in [9.17, 15) is 9.59 Å². The molecule has 0 heterocycles. The van der Waals surface area contributed by atoms with E-state index in [4.69, 9.17) is 9.47 Å². The van der Waals surface area contributed by atoms with Crippen molar-refractivity contribution in [1.29, 1.82) is 0 Å². The van der Waals surface area contributed by atoms with Crippen molar-refractivity contribution in [2.75, 3.05) is 14.2 Å². The second-order valence-electron chi connectivity index (χ2n) is 6.65. The summed E-state index contributed by atoms with van der Waals surface area (Å²) in [7, 11) is 2.77. The Balaban J connectivity index is 0.000000176. The maximum absolute atomic E-state index is 11.6. The van der Waals surface area contributed by atoms with Crippen molar-refractivity contribution in [2.24, 2.45) is 0 Å². The Hall–Kier alpha value is -3.44. The third-order valence-corrected chi connectivity index (χ3v) is 5.21. The molecule has 0 spiro atoms. The van der Waals surface area contributed by atoms with Crippen LogP contribution >= 0.6 is 15.9 Å². The number of halogens is 1. The first kappa shape index (κ1) is 22.2. The quantitative estimate of drug-likeness (QED) is 0.310. The molecule has 0 bridgehead atoms. The number of hydrogen-bond acceptors (Lipinski definition) is 4. The Morgan fingerprint density at radius 1 is 0.774 bits per heavy atom. The molecule has 0 fully saturated rings. The molecular weight excluding hydrogens is 456 g/mol. The predicted octanol–water partition coefficient (Wildman–Crippen LogP) is 6.66. The van der Waals surface area contributed by atoms with E-state index in [0.29, 0.717) is 11.1 Å². The largest absolute Gasteiger partial charge is 0.465 e. The van der Waals surface area contributed by atoms with Crippen LogP contribution in [0, 0.1) is 0 Å². The molecule has 156 valence electrons. The zero-order valence-electron chi connectivity index (χ0n) is 17.2. The zero-order chi connectivity index (χ0) is 22.4. The summed E-state index contributed by atoms with van der Waals surface area (Å²) >= 11 is 3.37. The summed E-state index contributed by atoms with van der Waals surface area (Å²) in [6.45, 7) is 3.71. The fourth-order valence-electron chi connectivity index (χ4n) is 3.28. The van der Waals surface area contributed by atoms with Gasteiger partial charge in [-0.1, -0.05) is 77.1 Å². The van der Waals surface area contributed by atoms with Crippen molar-refractivity contribution in [1.82, 2.24) is 0 Å². The Labute approximate surface area is 189 Å². The fourth-order valence-corrected chi connectivity index (χ4v) is 3.76. The molecule has 0 unspecified atom stereocenters. The Kier molecular flexibility index (Phi) is 7.21. The van der Waals surface area contributed by atoms with Crippen LogP contribution in [-0.2, 0) is 9.47 Å². The Bertz CT molecular complexity index is 1280. The third kappa shape index (κ3) is 5.01. The second-order valence-corrected chi connectivity index (χ2v) is 7.57.